The summed E-state index contributed by atoms with van der Waals surface area (Å²) in [6, 6.07) is 5.31. The van der Waals surface area contributed by atoms with E-state index in [1.165, 1.54) is 29.2 Å². The van der Waals surface area contributed by atoms with E-state index in [4.69, 9.17) is 4.74 Å². The fraction of sp³-hybridized carbons (Fsp3) is 0.412. The molecule has 27 heavy (non-hydrogen) atoms. The van der Waals surface area contributed by atoms with Crippen LogP contribution < -0.4 is 0 Å². The van der Waals surface area contributed by atoms with Gasteiger partial charge < -0.3 is 9.64 Å². The van der Waals surface area contributed by atoms with Crippen LogP contribution in [0.3, 0.4) is 0 Å². The summed E-state index contributed by atoms with van der Waals surface area (Å²) in [5, 5.41) is 10.7. The molecule has 0 unspecified atom stereocenters. The lowest BCUT2D eigenvalue weighted by molar-refractivity contribution is -0.384. The van der Waals surface area contributed by atoms with Gasteiger partial charge in [0.1, 0.15) is 0 Å². The molecule has 2 rings (SSSR count). The normalized spacial score (nSPS) is 18.3. The number of rotatable bonds is 7. The number of carbonyl (C=O) groups is 2. The molecule has 0 saturated carbocycles. The second-order valence-corrected chi connectivity index (χ2v) is 8.26. The van der Waals surface area contributed by atoms with Crippen LogP contribution in [-0.2, 0) is 24.2 Å². The maximum absolute atomic E-state index is 12.2. The molecule has 0 N–H and O–H groups in total. The molecule has 0 spiro atoms. The summed E-state index contributed by atoms with van der Waals surface area (Å²) in [5.41, 5.74) is 0.338. The third-order valence-electron chi connectivity index (χ3n) is 4.14. The van der Waals surface area contributed by atoms with Crippen molar-refractivity contribution in [3.05, 3.63) is 46.0 Å². The summed E-state index contributed by atoms with van der Waals surface area (Å²) in [5.74, 6) is -1.26. The number of nitro groups is 1. The predicted molar refractivity (Wildman–Crippen MR) is 97.5 cm³/mol. The predicted octanol–water partition coefficient (Wildman–Crippen LogP) is 1.19. The number of nitro benzene ring substituents is 1. The molecular formula is C17H20N2O7S. The first kappa shape index (κ1) is 20.6. The zero-order valence-electron chi connectivity index (χ0n) is 14.7. The van der Waals surface area contributed by atoms with E-state index in [-0.39, 0.29) is 17.2 Å². The van der Waals surface area contributed by atoms with Crippen LogP contribution in [-0.4, -0.2) is 60.8 Å². The van der Waals surface area contributed by atoms with Gasteiger partial charge in [0.25, 0.3) is 11.6 Å². The highest BCUT2D eigenvalue weighted by Crippen LogP contribution is 2.18. The van der Waals surface area contributed by atoms with Gasteiger partial charge in [0.2, 0.25) is 0 Å². The van der Waals surface area contributed by atoms with Gasteiger partial charge in [-0.3, -0.25) is 14.9 Å². The van der Waals surface area contributed by atoms with Crippen LogP contribution in [0.5, 0.6) is 0 Å². The Balaban J connectivity index is 1.89. The quantitative estimate of drug-likeness (QED) is 0.293. The Morgan fingerprint density at radius 2 is 2.15 bits per heavy atom. The minimum Gasteiger partial charge on any atom is -0.452 e. The highest BCUT2D eigenvalue weighted by atomic mass is 32.2. The molecule has 10 heteroatoms. The maximum atomic E-state index is 12.2. The molecule has 0 aliphatic carbocycles. The molecule has 9 nitrogen and oxygen atoms in total. The number of hydrogen-bond acceptors (Lipinski definition) is 7. The first-order chi connectivity index (χ1) is 12.7. The minimum absolute atomic E-state index is 0.0488. The van der Waals surface area contributed by atoms with E-state index in [1.54, 1.807) is 13.0 Å². The minimum atomic E-state index is -3.13. The molecule has 1 saturated heterocycles. The Kier molecular flexibility index (Phi) is 6.67. The van der Waals surface area contributed by atoms with Crippen molar-refractivity contribution >= 4 is 33.5 Å². The zero-order chi connectivity index (χ0) is 20.0. The van der Waals surface area contributed by atoms with Gasteiger partial charge in [-0.1, -0.05) is 12.1 Å². The van der Waals surface area contributed by atoms with Crippen molar-refractivity contribution in [3.8, 4) is 0 Å². The largest absolute Gasteiger partial charge is 0.452 e. The molecule has 1 aliphatic rings. The molecule has 146 valence electrons. The average Bonchev–Trinajstić information content (AvgIpc) is 2.98. The second-order valence-electron chi connectivity index (χ2n) is 6.03. The van der Waals surface area contributed by atoms with Crippen molar-refractivity contribution in [2.75, 3.05) is 24.7 Å². The number of non-ortho nitro benzene ring substituents is 1. The van der Waals surface area contributed by atoms with Crippen molar-refractivity contribution < 1.29 is 27.7 Å². The van der Waals surface area contributed by atoms with E-state index < -0.39 is 39.3 Å². The highest BCUT2D eigenvalue weighted by molar-refractivity contribution is 7.91. The van der Waals surface area contributed by atoms with Crippen molar-refractivity contribution in [1.29, 1.82) is 0 Å². The Morgan fingerprint density at radius 1 is 1.41 bits per heavy atom. The van der Waals surface area contributed by atoms with E-state index in [2.05, 4.69) is 0 Å². The molecule has 1 amide bonds. The van der Waals surface area contributed by atoms with E-state index in [0.29, 0.717) is 18.5 Å². The van der Waals surface area contributed by atoms with Crippen molar-refractivity contribution in [3.63, 3.8) is 0 Å². The Bertz CT molecular complexity index is 864. The molecule has 1 aromatic rings. The van der Waals surface area contributed by atoms with Crippen LogP contribution in [0.2, 0.25) is 0 Å². The van der Waals surface area contributed by atoms with Crippen LogP contribution >= 0.6 is 0 Å². The Labute approximate surface area is 156 Å². The fourth-order valence-corrected chi connectivity index (χ4v) is 4.56. The summed E-state index contributed by atoms with van der Waals surface area (Å²) in [6.07, 6.45) is 2.80. The molecule has 1 atom stereocenters. The molecule has 1 aliphatic heterocycles. The average molecular weight is 396 g/mol. The summed E-state index contributed by atoms with van der Waals surface area (Å²) >= 11 is 0. The lowest BCUT2D eigenvalue weighted by Crippen LogP contribution is -2.43. The van der Waals surface area contributed by atoms with Gasteiger partial charge in [0, 0.05) is 30.8 Å². The number of esters is 1. The standard InChI is InChI=1S/C17H20N2O7S/c1-2-18(15-8-9-27(24,25)12-15)16(20)11-26-17(21)7-6-13-4-3-5-14(10-13)19(22)23/h3-7,10,15H,2,8-9,11-12H2,1H3/b7-6+/t15-/m1/s1. The maximum Gasteiger partial charge on any atom is 0.331 e. The molecule has 0 radical (unpaired) electrons. The molecule has 0 aromatic heterocycles. The highest BCUT2D eigenvalue weighted by Gasteiger charge is 2.34. The number of nitrogens with zero attached hydrogens (tertiary/aromatic N) is 2. The second kappa shape index (κ2) is 8.76. The molecule has 1 fully saturated rings. The fourth-order valence-electron chi connectivity index (χ4n) is 2.83. The van der Waals surface area contributed by atoms with Crippen LogP contribution in [0, 0.1) is 10.1 Å². The summed E-state index contributed by atoms with van der Waals surface area (Å²) in [6.45, 7) is 1.55. The molecule has 1 heterocycles. The van der Waals surface area contributed by atoms with Crippen LogP contribution in [0.4, 0.5) is 5.69 Å². The van der Waals surface area contributed by atoms with Gasteiger partial charge in [-0.2, -0.15) is 0 Å². The van der Waals surface area contributed by atoms with Crippen LogP contribution in [0.25, 0.3) is 6.08 Å². The van der Waals surface area contributed by atoms with Gasteiger partial charge in [-0.05, 0) is 25.0 Å². The number of likely N-dealkylation sites (N-methyl/N-ethyl adjacent to an activating group) is 1. The zero-order valence-corrected chi connectivity index (χ0v) is 15.6. The van der Waals surface area contributed by atoms with E-state index in [9.17, 15) is 28.1 Å². The molecule has 0 bridgehead atoms. The number of hydrogen-bond donors (Lipinski definition) is 0. The van der Waals surface area contributed by atoms with Gasteiger partial charge >= 0.3 is 5.97 Å². The number of amides is 1. The number of sulfone groups is 1. The SMILES string of the molecule is CCN(C(=O)COC(=O)/C=C/c1cccc([N+](=O)[O-])c1)[C@@H]1CCS(=O)(=O)C1. The van der Waals surface area contributed by atoms with E-state index in [1.807, 2.05) is 0 Å². The topological polar surface area (TPSA) is 124 Å². The van der Waals surface area contributed by atoms with Crippen molar-refractivity contribution in [1.82, 2.24) is 4.90 Å². The van der Waals surface area contributed by atoms with Gasteiger partial charge in [0.05, 0.1) is 16.4 Å². The molecular weight excluding hydrogens is 376 g/mol. The van der Waals surface area contributed by atoms with Gasteiger partial charge in [-0.15, -0.1) is 0 Å². The number of benzene rings is 1. The Morgan fingerprint density at radius 3 is 2.74 bits per heavy atom. The smallest absolute Gasteiger partial charge is 0.331 e. The number of ether oxygens (including phenoxy) is 1. The lowest BCUT2D eigenvalue weighted by Gasteiger charge is -2.26. The van der Waals surface area contributed by atoms with Crippen LogP contribution in [0.15, 0.2) is 30.3 Å². The van der Waals surface area contributed by atoms with Gasteiger partial charge in [0.15, 0.2) is 16.4 Å². The first-order valence-corrected chi connectivity index (χ1v) is 10.1. The third kappa shape index (κ3) is 5.88. The summed E-state index contributed by atoms with van der Waals surface area (Å²) in [7, 11) is -3.13. The van der Waals surface area contributed by atoms with E-state index in [0.717, 1.165) is 6.08 Å². The Hall–Kier alpha value is -2.75. The molecule has 1 aromatic carbocycles. The third-order valence-corrected chi connectivity index (χ3v) is 5.89. The van der Waals surface area contributed by atoms with Crippen molar-refractivity contribution in [2.24, 2.45) is 0 Å². The van der Waals surface area contributed by atoms with Crippen molar-refractivity contribution in [2.45, 2.75) is 19.4 Å². The monoisotopic (exact) mass is 396 g/mol. The number of carbonyl (C=O) groups excluding carboxylic acids is 2. The summed E-state index contributed by atoms with van der Waals surface area (Å²) < 4.78 is 28.0. The first-order valence-electron chi connectivity index (χ1n) is 8.31. The van der Waals surface area contributed by atoms with Gasteiger partial charge in [-0.25, -0.2) is 13.2 Å². The summed E-state index contributed by atoms with van der Waals surface area (Å²) in [4.78, 5) is 35.6. The van der Waals surface area contributed by atoms with E-state index >= 15 is 0 Å². The van der Waals surface area contributed by atoms with Crippen LogP contribution in [0.1, 0.15) is 18.9 Å². The lowest BCUT2D eigenvalue weighted by atomic mass is 10.2.